The number of carboxylic acid groups (broad SMARTS) is 1. The minimum Gasteiger partial charge on any atom is -0.481 e. The Morgan fingerprint density at radius 2 is 1.81 bits per heavy atom. The van der Waals surface area contributed by atoms with Gasteiger partial charge >= 0.3 is 5.97 Å². The number of carbonyl (C=O) groups excluding carboxylic acids is 1. The molecule has 2 unspecified atom stereocenters. The Morgan fingerprint density at radius 1 is 1.25 bits per heavy atom. The molecule has 0 spiro atoms. The van der Waals surface area contributed by atoms with Crippen LogP contribution in [-0.2, 0) is 9.59 Å². The topological polar surface area (TPSA) is 66.4 Å². The number of hydrogen-bond donors (Lipinski definition) is 2. The first-order chi connectivity index (χ1) is 7.59. The normalized spacial score (nSPS) is 36.8. The van der Waals surface area contributed by atoms with Crippen molar-refractivity contribution in [2.75, 3.05) is 0 Å². The summed E-state index contributed by atoms with van der Waals surface area (Å²) in [6.07, 6.45) is 5.78. The Kier molecular flexibility index (Phi) is 2.99. The molecule has 0 aromatic heterocycles. The molecule has 1 fully saturated rings. The fraction of sp³-hybridized carbons (Fsp3) is 0.667. The lowest BCUT2D eigenvalue weighted by Crippen LogP contribution is -2.40. The maximum Gasteiger partial charge on any atom is 0.307 e. The maximum absolute atomic E-state index is 11.9. The SMILES string of the molecule is CC1CC1NC(=O)[C@@H]1CC=CC[C@@H]1C(=O)O. The lowest BCUT2D eigenvalue weighted by molar-refractivity contribution is -0.147. The third-order valence-corrected chi connectivity index (χ3v) is 3.52. The smallest absolute Gasteiger partial charge is 0.307 e. The van der Waals surface area contributed by atoms with Crippen molar-refractivity contribution in [2.45, 2.75) is 32.2 Å². The standard InChI is InChI=1S/C12H17NO3/c1-7-6-10(7)13-11(14)8-4-2-3-5-9(8)12(15)16/h2-3,7-10H,4-6H2,1H3,(H,13,14)(H,15,16)/t7?,8-,9+,10?/m1/s1. The molecule has 2 rings (SSSR count). The molecule has 0 aliphatic heterocycles. The van der Waals surface area contributed by atoms with Gasteiger partial charge in [0.1, 0.15) is 0 Å². The summed E-state index contributed by atoms with van der Waals surface area (Å²) in [4.78, 5) is 22.9. The number of aliphatic carboxylic acids is 1. The van der Waals surface area contributed by atoms with Gasteiger partial charge in [0.15, 0.2) is 0 Å². The van der Waals surface area contributed by atoms with E-state index in [1.807, 2.05) is 12.2 Å². The summed E-state index contributed by atoms with van der Waals surface area (Å²) in [7, 11) is 0. The van der Waals surface area contributed by atoms with Gasteiger partial charge in [0.2, 0.25) is 5.91 Å². The van der Waals surface area contributed by atoms with Gasteiger partial charge in [0, 0.05) is 6.04 Å². The number of rotatable bonds is 3. The molecule has 4 heteroatoms. The molecule has 0 heterocycles. The van der Waals surface area contributed by atoms with Gasteiger partial charge in [-0.2, -0.15) is 0 Å². The molecular formula is C12H17NO3. The van der Waals surface area contributed by atoms with Crippen LogP contribution in [0.25, 0.3) is 0 Å². The average Bonchev–Trinajstić information content (AvgIpc) is 2.94. The second-order valence-electron chi connectivity index (χ2n) is 4.82. The minimum absolute atomic E-state index is 0.0916. The second-order valence-corrected chi connectivity index (χ2v) is 4.82. The van der Waals surface area contributed by atoms with E-state index in [4.69, 9.17) is 5.11 Å². The average molecular weight is 223 g/mol. The molecule has 0 aromatic rings. The Balaban J connectivity index is 1.97. The predicted octanol–water partition coefficient (Wildman–Crippen LogP) is 1.18. The van der Waals surface area contributed by atoms with E-state index in [1.165, 1.54) is 0 Å². The molecule has 2 aliphatic carbocycles. The van der Waals surface area contributed by atoms with Crippen LogP contribution >= 0.6 is 0 Å². The van der Waals surface area contributed by atoms with Crippen molar-refractivity contribution in [1.82, 2.24) is 5.32 Å². The number of carboxylic acids is 1. The van der Waals surface area contributed by atoms with Crippen molar-refractivity contribution in [1.29, 1.82) is 0 Å². The van der Waals surface area contributed by atoms with Gasteiger partial charge in [-0.1, -0.05) is 19.1 Å². The number of hydrogen-bond acceptors (Lipinski definition) is 2. The molecule has 0 aromatic carbocycles. The van der Waals surface area contributed by atoms with Crippen LogP contribution in [0.1, 0.15) is 26.2 Å². The molecule has 1 amide bonds. The molecule has 4 nitrogen and oxygen atoms in total. The highest BCUT2D eigenvalue weighted by Gasteiger charge is 2.39. The van der Waals surface area contributed by atoms with Crippen LogP contribution in [0.4, 0.5) is 0 Å². The molecule has 88 valence electrons. The van der Waals surface area contributed by atoms with Crippen LogP contribution in [0.15, 0.2) is 12.2 Å². The monoisotopic (exact) mass is 223 g/mol. The number of nitrogens with one attached hydrogen (secondary N) is 1. The van der Waals surface area contributed by atoms with Crippen LogP contribution in [0.2, 0.25) is 0 Å². The molecule has 0 radical (unpaired) electrons. The second kappa shape index (κ2) is 4.28. The quantitative estimate of drug-likeness (QED) is 0.706. The molecule has 16 heavy (non-hydrogen) atoms. The lowest BCUT2D eigenvalue weighted by Gasteiger charge is -2.24. The van der Waals surface area contributed by atoms with Crippen LogP contribution in [0, 0.1) is 17.8 Å². The third kappa shape index (κ3) is 2.26. The van der Waals surface area contributed by atoms with Crippen molar-refractivity contribution in [2.24, 2.45) is 17.8 Å². The summed E-state index contributed by atoms with van der Waals surface area (Å²) in [6.45, 7) is 2.08. The van der Waals surface area contributed by atoms with Gasteiger partial charge in [-0.3, -0.25) is 9.59 Å². The van der Waals surface area contributed by atoms with Gasteiger partial charge in [0.05, 0.1) is 11.8 Å². The summed E-state index contributed by atoms with van der Waals surface area (Å²) >= 11 is 0. The van der Waals surface area contributed by atoms with Crippen LogP contribution in [-0.4, -0.2) is 23.0 Å². The maximum atomic E-state index is 11.9. The van der Waals surface area contributed by atoms with E-state index in [1.54, 1.807) is 0 Å². The van der Waals surface area contributed by atoms with Crippen molar-refractivity contribution in [3.63, 3.8) is 0 Å². The lowest BCUT2D eigenvalue weighted by atomic mass is 9.82. The first-order valence-corrected chi connectivity index (χ1v) is 5.77. The zero-order chi connectivity index (χ0) is 11.7. The Hall–Kier alpha value is -1.32. The van der Waals surface area contributed by atoms with E-state index in [-0.39, 0.29) is 11.9 Å². The molecule has 0 saturated heterocycles. The van der Waals surface area contributed by atoms with Crippen LogP contribution in [0.5, 0.6) is 0 Å². The fourth-order valence-corrected chi connectivity index (χ4v) is 2.19. The Morgan fingerprint density at radius 3 is 2.31 bits per heavy atom. The largest absolute Gasteiger partial charge is 0.481 e. The van der Waals surface area contributed by atoms with E-state index in [2.05, 4.69) is 12.2 Å². The van der Waals surface area contributed by atoms with Crippen molar-refractivity contribution in [3.05, 3.63) is 12.2 Å². The fourth-order valence-electron chi connectivity index (χ4n) is 2.19. The highest BCUT2D eigenvalue weighted by molar-refractivity contribution is 5.85. The van der Waals surface area contributed by atoms with E-state index in [0.717, 1.165) is 6.42 Å². The molecule has 1 saturated carbocycles. The van der Waals surface area contributed by atoms with E-state index in [0.29, 0.717) is 18.8 Å². The summed E-state index contributed by atoms with van der Waals surface area (Å²) < 4.78 is 0. The minimum atomic E-state index is -0.867. The summed E-state index contributed by atoms with van der Waals surface area (Å²) in [5.74, 6) is -1.36. The first-order valence-electron chi connectivity index (χ1n) is 5.77. The van der Waals surface area contributed by atoms with E-state index >= 15 is 0 Å². The highest BCUT2D eigenvalue weighted by Crippen LogP contribution is 2.31. The van der Waals surface area contributed by atoms with Crippen LogP contribution in [0.3, 0.4) is 0 Å². The number of allylic oxidation sites excluding steroid dienone is 2. The molecule has 4 atom stereocenters. The van der Waals surface area contributed by atoms with E-state index in [9.17, 15) is 9.59 Å². The Bertz CT molecular complexity index is 337. The molecule has 0 bridgehead atoms. The highest BCUT2D eigenvalue weighted by atomic mass is 16.4. The summed E-state index contributed by atoms with van der Waals surface area (Å²) in [6, 6.07) is 0.271. The third-order valence-electron chi connectivity index (χ3n) is 3.52. The van der Waals surface area contributed by atoms with Crippen molar-refractivity contribution >= 4 is 11.9 Å². The zero-order valence-electron chi connectivity index (χ0n) is 9.35. The van der Waals surface area contributed by atoms with Gasteiger partial charge in [-0.05, 0) is 25.2 Å². The molecular weight excluding hydrogens is 206 g/mol. The number of carbonyl (C=O) groups is 2. The summed E-state index contributed by atoms with van der Waals surface area (Å²) in [5.41, 5.74) is 0. The van der Waals surface area contributed by atoms with Gasteiger partial charge < -0.3 is 10.4 Å². The van der Waals surface area contributed by atoms with Gasteiger partial charge in [-0.25, -0.2) is 0 Å². The van der Waals surface area contributed by atoms with E-state index < -0.39 is 17.8 Å². The van der Waals surface area contributed by atoms with Crippen molar-refractivity contribution in [3.8, 4) is 0 Å². The predicted molar refractivity (Wildman–Crippen MR) is 58.7 cm³/mol. The van der Waals surface area contributed by atoms with Crippen molar-refractivity contribution < 1.29 is 14.7 Å². The van der Waals surface area contributed by atoms with Gasteiger partial charge in [0.25, 0.3) is 0 Å². The number of amides is 1. The summed E-state index contributed by atoms with van der Waals surface area (Å²) in [5, 5.41) is 12.0. The van der Waals surface area contributed by atoms with Crippen LogP contribution < -0.4 is 5.32 Å². The Labute approximate surface area is 94.7 Å². The zero-order valence-corrected chi connectivity index (χ0v) is 9.35. The molecule has 2 aliphatic rings. The first kappa shape index (κ1) is 11.2. The molecule has 2 N–H and O–H groups in total. The van der Waals surface area contributed by atoms with Gasteiger partial charge in [-0.15, -0.1) is 0 Å².